The number of fused-ring (bicyclic) bond motifs is 1. The number of nitrogens with zero attached hydrogens (tertiary/aromatic N) is 4. The van der Waals surface area contributed by atoms with E-state index >= 15 is 0 Å². The van der Waals surface area contributed by atoms with Gasteiger partial charge in [0.15, 0.2) is 0 Å². The van der Waals surface area contributed by atoms with E-state index in [2.05, 4.69) is 81.3 Å². The maximum Gasteiger partial charge on any atom is 0.224 e. The maximum atomic E-state index is 4.77. The molecule has 6 heteroatoms. The highest BCUT2D eigenvalue weighted by Gasteiger charge is 2.19. The predicted octanol–water partition coefficient (Wildman–Crippen LogP) is 3.34. The Bertz CT molecular complexity index is 732. The number of nitrogens with one attached hydrogen (secondary N) is 1. The molecule has 0 aliphatic carbocycles. The molecule has 1 aromatic carbocycles. The van der Waals surface area contributed by atoms with Gasteiger partial charge in [-0.15, -0.1) is 0 Å². The summed E-state index contributed by atoms with van der Waals surface area (Å²) in [4.78, 5) is 13.9. The van der Waals surface area contributed by atoms with Crippen LogP contribution in [0.3, 0.4) is 0 Å². The lowest BCUT2D eigenvalue weighted by Gasteiger charge is -2.30. The molecule has 0 saturated heterocycles. The average Bonchev–Trinajstić information content (AvgIpc) is 2.60. The number of halogens is 1. The van der Waals surface area contributed by atoms with E-state index in [0.717, 1.165) is 61.0 Å². The van der Waals surface area contributed by atoms with Gasteiger partial charge in [0.2, 0.25) is 5.95 Å². The summed E-state index contributed by atoms with van der Waals surface area (Å²) < 4.78 is 1.15. The van der Waals surface area contributed by atoms with Crippen LogP contribution in [0.5, 0.6) is 0 Å². The van der Waals surface area contributed by atoms with E-state index in [1.54, 1.807) is 0 Å². The zero-order valence-corrected chi connectivity index (χ0v) is 16.8. The largest absolute Gasteiger partial charge is 0.353 e. The number of anilines is 2. The molecule has 1 aliphatic heterocycles. The number of likely N-dealkylation sites (N-methyl/N-ethyl adjacent to an activating group) is 1. The molecule has 2 aromatic rings. The second-order valence-corrected chi connectivity index (χ2v) is 7.62. The van der Waals surface area contributed by atoms with Gasteiger partial charge in [-0.05, 0) is 50.2 Å². The summed E-state index contributed by atoms with van der Waals surface area (Å²) in [6.45, 7) is 5.83. The van der Waals surface area contributed by atoms with Crippen molar-refractivity contribution in [2.75, 3.05) is 43.9 Å². The van der Waals surface area contributed by atoms with Gasteiger partial charge in [-0.2, -0.15) is 4.98 Å². The Morgan fingerprint density at radius 3 is 2.80 bits per heavy atom. The topological polar surface area (TPSA) is 44.3 Å². The fourth-order valence-corrected chi connectivity index (χ4v) is 3.42. The van der Waals surface area contributed by atoms with E-state index in [1.807, 2.05) is 0 Å². The number of hydrogen-bond acceptors (Lipinski definition) is 5. The molecule has 25 heavy (non-hydrogen) atoms. The summed E-state index contributed by atoms with van der Waals surface area (Å²) >= 11 is 3.57. The van der Waals surface area contributed by atoms with Crippen LogP contribution >= 0.6 is 15.9 Å². The van der Waals surface area contributed by atoms with E-state index < -0.39 is 0 Å². The highest BCUT2D eigenvalue weighted by molar-refractivity contribution is 9.10. The Balaban J connectivity index is 1.78. The second-order valence-electron chi connectivity index (χ2n) is 6.71. The van der Waals surface area contributed by atoms with Gasteiger partial charge in [-0.25, -0.2) is 4.98 Å². The van der Waals surface area contributed by atoms with Crippen molar-refractivity contribution in [1.29, 1.82) is 0 Å². The molecule has 134 valence electrons. The Kier molecular flexibility index (Phi) is 5.91. The molecule has 5 nitrogen and oxygen atoms in total. The second kappa shape index (κ2) is 8.15. The summed E-state index contributed by atoms with van der Waals surface area (Å²) in [7, 11) is 4.14. The summed E-state index contributed by atoms with van der Waals surface area (Å²) in [5.41, 5.74) is 3.90. The third kappa shape index (κ3) is 4.70. The lowest BCUT2D eigenvalue weighted by molar-refractivity contribution is 0.425. The lowest BCUT2D eigenvalue weighted by Crippen LogP contribution is -2.31. The molecule has 0 amide bonds. The van der Waals surface area contributed by atoms with Gasteiger partial charge in [0.1, 0.15) is 5.82 Å². The number of benzene rings is 1. The molecular weight excluding hydrogens is 378 g/mol. The van der Waals surface area contributed by atoms with Crippen molar-refractivity contribution in [3.63, 3.8) is 0 Å². The van der Waals surface area contributed by atoms with Gasteiger partial charge in [0.05, 0.1) is 0 Å². The standard InChI is InChI=1S/C19H26BrN5/c1-4-17-12-18(23-19(22-17)21-8-10-24(2)3)25-9-7-14-11-16(20)6-5-15(14)13-25/h5-6,11-12H,4,7-10,13H2,1-3H3,(H,21,22,23). The average molecular weight is 404 g/mol. The third-order valence-corrected chi connectivity index (χ3v) is 4.97. The van der Waals surface area contributed by atoms with E-state index in [-0.39, 0.29) is 0 Å². The molecule has 0 unspecified atom stereocenters. The molecule has 2 heterocycles. The molecule has 0 saturated carbocycles. The fraction of sp³-hybridized carbons (Fsp3) is 0.474. The molecule has 0 radical (unpaired) electrons. The monoisotopic (exact) mass is 403 g/mol. The van der Waals surface area contributed by atoms with Gasteiger partial charge in [0.25, 0.3) is 0 Å². The quantitative estimate of drug-likeness (QED) is 0.800. The number of aromatic nitrogens is 2. The number of hydrogen-bond donors (Lipinski definition) is 1. The van der Waals surface area contributed by atoms with Crippen molar-refractivity contribution in [2.24, 2.45) is 0 Å². The first-order chi connectivity index (χ1) is 12.0. The van der Waals surface area contributed by atoms with Gasteiger partial charge in [-0.1, -0.05) is 28.9 Å². The van der Waals surface area contributed by atoms with E-state index in [9.17, 15) is 0 Å². The predicted molar refractivity (Wildman–Crippen MR) is 107 cm³/mol. The minimum Gasteiger partial charge on any atom is -0.353 e. The van der Waals surface area contributed by atoms with E-state index in [4.69, 9.17) is 4.98 Å². The smallest absolute Gasteiger partial charge is 0.224 e. The van der Waals surface area contributed by atoms with Crippen LogP contribution in [-0.2, 0) is 19.4 Å². The highest BCUT2D eigenvalue weighted by atomic mass is 79.9. The van der Waals surface area contributed by atoms with Gasteiger partial charge in [-0.3, -0.25) is 0 Å². The van der Waals surface area contributed by atoms with Gasteiger partial charge in [0, 0.05) is 42.4 Å². The number of rotatable bonds is 6. The zero-order valence-electron chi connectivity index (χ0n) is 15.2. The summed E-state index contributed by atoms with van der Waals surface area (Å²) in [5.74, 6) is 1.76. The summed E-state index contributed by atoms with van der Waals surface area (Å²) in [5, 5.41) is 3.36. The first-order valence-electron chi connectivity index (χ1n) is 8.84. The van der Waals surface area contributed by atoms with Gasteiger partial charge >= 0.3 is 0 Å². The van der Waals surface area contributed by atoms with E-state index in [1.165, 1.54) is 11.1 Å². The molecule has 0 spiro atoms. The molecule has 0 atom stereocenters. The summed E-state index contributed by atoms with van der Waals surface area (Å²) in [6.07, 6.45) is 1.96. The Hall–Kier alpha value is -1.66. The molecular formula is C19H26BrN5. The Labute approximate surface area is 158 Å². The Morgan fingerprint density at radius 2 is 2.04 bits per heavy atom. The maximum absolute atomic E-state index is 4.77. The highest BCUT2D eigenvalue weighted by Crippen LogP contribution is 2.26. The van der Waals surface area contributed by atoms with Crippen molar-refractivity contribution < 1.29 is 0 Å². The normalized spacial score (nSPS) is 13.9. The molecule has 1 N–H and O–H groups in total. The molecule has 1 aromatic heterocycles. The van der Waals surface area contributed by atoms with Crippen molar-refractivity contribution >= 4 is 27.7 Å². The first kappa shape index (κ1) is 18.1. The molecule has 3 rings (SSSR count). The minimum absolute atomic E-state index is 0.734. The van der Waals surface area contributed by atoms with Crippen molar-refractivity contribution in [3.05, 3.63) is 45.6 Å². The third-order valence-electron chi connectivity index (χ3n) is 4.47. The number of aryl methyl sites for hydroxylation is 1. The zero-order chi connectivity index (χ0) is 17.8. The summed E-state index contributed by atoms with van der Waals surface area (Å²) in [6, 6.07) is 8.69. The Morgan fingerprint density at radius 1 is 1.20 bits per heavy atom. The van der Waals surface area contributed by atoms with Crippen LogP contribution in [0.4, 0.5) is 11.8 Å². The van der Waals surface area contributed by atoms with Crippen LogP contribution in [0.2, 0.25) is 0 Å². The molecule has 1 aliphatic rings. The van der Waals surface area contributed by atoms with Crippen LogP contribution < -0.4 is 10.2 Å². The van der Waals surface area contributed by atoms with E-state index in [0.29, 0.717) is 0 Å². The van der Waals surface area contributed by atoms with Crippen LogP contribution in [0.25, 0.3) is 0 Å². The van der Waals surface area contributed by atoms with Crippen molar-refractivity contribution in [2.45, 2.75) is 26.3 Å². The lowest BCUT2D eigenvalue weighted by atomic mass is 10.00. The van der Waals surface area contributed by atoms with Crippen LogP contribution in [0.1, 0.15) is 23.7 Å². The van der Waals surface area contributed by atoms with Crippen molar-refractivity contribution in [1.82, 2.24) is 14.9 Å². The molecule has 0 bridgehead atoms. The minimum atomic E-state index is 0.734. The van der Waals surface area contributed by atoms with Crippen molar-refractivity contribution in [3.8, 4) is 0 Å². The van der Waals surface area contributed by atoms with Crippen LogP contribution in [-0.4, -0.2) is 48.6 Å². The van der Waals surface area contributed by atoms with Crippen LogP contribution in [0.15, 0.2) is 28.7 Å². The fourth-order valence-electron chi connectivity index (χ4n) is 3.01. The first-order valence-corrected chi connectivity index (χ1v) is 9.63. The van der Waals surface area contributed by atoms with Crippen LogP contribution in [0, 0.1) is 0 Å². The molecule has 0 fully saturated rings. The van der Waals surface area contributed by atoms with Gasteiger partial charge < -0.3 is 15.1 Å². The SMILES string of the molecule is CCc1cc(N2CCc3cc(Br)ccc3C2)nc(NCCN(C)C)n1.